The minimum absolute atomic E-state index is 0.392. The number of alkyl halides is 1. The quantitative estimate of drug-likeness (QED) is 0.697. The average molecular weight is 226 g/mol. The summed E-state index contributed by atoms with van der Waals surface area (Å²) in [7, 11) is 1.52. The molecule has 0 aliphatic heterocycles. The van der Waals surface area contributed by atoms with E-state index in [0.717, 1.165) is 5.56 Å². The van der Waals surface area contributed by atoms with Gasteiger partial charge in [-0.3, -0.25) is 0 Å². The zero-order chi connectivity index (χ0) is 9.14. The van der Waals surface area contributed by atoms with Gasteiger partial charge in [0.2, 0.25) is 0 Å². The number of halogens is 3. The van der Waals surface area contributed by atoms with E-state index in [1.807, 2.05) is 0 Å². The number of methoxy groups -OCH3 is 1. The molecule has 1 aromatic carbocycles. The summed E-state index contributed by atoms with van der Waals surface area (Å²) in [5, 5.41) is 0.973. The van der Waals surface area contributed by atoms with E-state index in [2.05, 4.69) is 0 Å². The van der Waals surface area contributed by atoms with Crippen molar-refractivity contribution in [3.05, 3.63) is 27.7 Å². The monoisotopic (exact) mass is 224 g/mol. The highest BCUT2D eigenvalue weighted by Crippen LogP contribution is 2.34. The lowest BCUT2D eigenvalue weighted by atomic mass is 10.2. The van der Waals surface area contributed by atoms with Gasteiger partial charge in [0.1, 0.15) is 0 Å². The number of ether oxygens (including phenoxy) is 1. The Kier molecular flexibility index (Phi) is 3.51. The van der Waals surface area contributed by atoms with Gasteiger partial charge in [0.25, 0.3) is 0 Å². The molecule has 0 aliphatic carbocycles. The summed E-state index contributed by atoms with van der Waals surface area (Å²) >= 11 is 17.3. The van der Waals surface area contributed by atoms with Gasteiger partial charge in [-0.25, -0.2) is 0 Å². The predicted molar refractivity (Wildman–Crippen MR) is 52.6 cm³/mol. The molecule has 66 valence electrons. The van der Waals surface area contributed by atoms with Gasteiger partial charge in [0, 0.05) is 5.88 Å². The van der Waals surface area contributed by atoms with Gasteiger partial charge in [-0.1, -0.05) is 23.2 Å². The van der Waals surface area contributed by atoms with E-state index in [-0.39, 0.29) is 0 Å². The van der Waals surface area contributed by atoms with Gasteiger partial charge in [-0.15, -0.1) is 11.6 Å². The number of rotatable bonds is 2. The molecule has 0 spiro atoms. The highest BCUT2D eigenvalue weighted by molar-refractivity contribution is 6.37. The fourth-order valence-electron chi connectivity index (χ4n) is 0.885. The van der Waals surface area contributed by atoms with Gasteiger partial charge in [0.15, 0.2) is 5.75 Å². The first-order valence-corrected chi connectivity index (χ1v) is 4.56. The highest BCUT2D eigenvalue weighted by Gasteiger charge is 2.07. The molecule has 1 rings (SSSR count). The Balaban J connectivity index is 3.18. The largest absolute Gasteiger partial charge is 0.494 e. The van der Waals surface area contributed by atoms with Crippen molar-refractivity contribution in [2.24, 2.45) is 0 Å². The second-order valence-corrected chi connectivity index (χ2v) is 3.31. The Bertz CT molecular complexity index is 263. The molecule has 12 heavy (non-hydrogen) atoms. The standard InChI is InChI=1S/C8H7Cl3O/c1-12-8-6(10)2-5(4-9)3-7(8)11/h2-3H,4H2,1H3. The van der Waals surface area contributed by atoms with Crippen LogP contribution in [0.25, 0.3) is 0 Å². The minimum atomic E-state index is 0.392. The Morgan fingerprint density at radius 2 is 1.75 bits per heavy atom. The summed E-state index contributed by atoms with van der Waals surface area (Å²) in [5.41, 5.74) is 0.882. The third-order valence-electron chi connectivity index (χ3n) is 1.42. The maximum atomic E-state index is 5.85. The van der Waals surface area contributed by atoms with Gasteiger partial charge in [0.05, 0.1) is 17.2 Å². The summed E-state index contributed by atoms with van der Waals surface area (Å²) in [6.45, 7) is 0. The predicted octanol–water partition coefficient (Wildman–Crippen LogP) is 3.74. The second kappa shape index (κ2) is 4.22. The first-order valence-electron chi connectivity index (χ1n) is 3.27. The van der Waals surface area contributed by atoms with Crippen LogP contribution >= 0.6 is 34.8 Å². The smallest absolute Gasteiger partial charge is 0.156 e. The maximum absolute atomic E-state index is 5.85. The number of hydrogen-bond donors (Lipinski definition) is 0. The molecule has 0 radical (unpaired) electrons. The van der Waals surface area contributed by atoms with Crippen LogP contribution in [0, 0.1) is 0 Å². The molecule has 0 atom stereocenters. The maximum Gasteiger partial charge on any atom is 0.156 e. The summed E-state index contributed by atoms with van der Waals surface area (Å²) in [6, 6.07) is 3.47. The summed E-state index contributed by atoms with van der Waals surface area (Å²) in [6.07, 6.45) is 0. The minimum Gasteiger partial charge on any atom is -0.494 e. The van der Waals surface area contributed by atoms with E-state index in [1.54, 1.807) is 12.1 Å². The Labute approximate surface area is 86.2 Å². The molecule has 1 aromatic rings. The lowest BCUT2D eigenvalue weighted by Crippen LogP contribution is -1.87. The van der Waals surface area contributed by atoms with Crippen LogP contribution in [0.5, 0.6) is 5.75 Å². The lowest BCUT2D eigenvalue weighted by molar-refractivity contribution is 0.415. The normalized spacial score (nSPS) is 10.0. The summed E-state index contributed by atoms with van der Waals surface area (Å²) in [5.74, 6) is 0.885. The third-order valence-corrected chi connectivity index (χ3v) is 2.29. The molecule has 1 nitrogen and oxygen atoms in total. The van der Waals surface area contributed by atoms with E-state index >= 15 is 0 Å². The van der Waals surface area contributed by atoms with Crippen LogP contribution in [-0.2, 0) is 5.88 Å². The van der Waals surface area contributed by atoms with Gasteiger partial charge < -0.3 is 4.74 Å². The van der Waals surface area contributed by atoms with Crippen molar-refractivity contribution in [1.29, 1.82) is 0 Å². The molecule has 0 heterocycles. The number of hydrogen-bond acceptors (Lipinski definition) is 1. The van der Waals surface area contributed by atoms with E-state index in [9.17, 15) is 0 Å². The molecular weight excluding hydrogens is 218 g/mol. The average Bonchev–Trinajstić information content (AvgIpc) is 2.03. The zero-order valence-corrected chi connectivity index (χ0v) is 8.67. The summed E-state index contributed by atoms with van der Waals surface area (Å²) < 4.78 is 4.97. The Hall–Kier alpha value is -0.110. The van der Waals surface area contributed by atoms with Crippen molar-refractivity contribution < 1.29 is 4.74 Å². The van der Waals surface area contributed by atoms with Crippen molar-refractivity contribution in [1.82, 2.24) is 0 Å². The van der Waals surface area contributed by atoms with Crippen molar-refractivity contribution in [2.45, 2.75) is 5.88 Å². The van der Waals surface area contributed by atoms with Crippen LogP contribution in [0.1, 0.15) is 5.56 Å². The summed E-state index contributed by atoms with van der Waals surface area (Å²) in [4.78, 5) is 0. The van der Waals surface area contributed by atoms with Crippen LogP contribution in [-0.4, -0.2) is 7.11 Å². The SMILES string of the molecule is COc1c(Cl)cc(CCl)cc1Cl. The van der Waals surface area contributed by atoms with Gasteiger partial charge >= 0.3 is 0 Å². The molecule has 0 saturated heterocycles. The topological polar surface area (TPSA) is 9.23 Å². The van der Waals surface area contributed by atoms with Crippen LogP contribution in [0.4, 0.5) is 0 Å². The van der Waals surface area contributed by atoms with Crippen molar-refractivity contribution >= 4 is 34.8 Å². The molecule has 0 saturated carbocycles. The zero-order valence-electron chi connectivity index (χ0n) is 6.40. The lowest BCUT2D eigenvalue weighted by Gasteiger charge is -2.06. The molecule has 0 aliphatic rings. The molecular formula is C8H7Cl3O. The van der Waals surface area contributed by atoms with Crippen LogP contribution in [0.3, 0.4) is 0 Å². The molecule has 4 heteroatoms. The first kappa shape index (κ1) is 9.97. The van der Waals surface area contributed by atoms with Crippen LogP contribution in [0.15, 0.2) is 12.1 Å². The van der Waals surface area contributed by atoms with Crippen molar-refractivity contribution in [3.8, 4) is 5.75 Å². The second-order valence-electron chi connectivity index (χ2n) is 2.23. The van der Waals surface area contributed by atoms with Gasteiger partial charge in [-0.2, -0.15) is 0 Å². The van der Waals surface area contributed by atoms with Gasteiger partial charge in [-0.05, 0) is 17.7 Å². The molecule has 0 aromatic heterocycles. The molecule has 0 fully saturated rings. The van der Waals surface area contributed by atoms with Crippen LogP contribution < -0.4 is 4.74 Å². The Morgan fingerprint density at radius 3 is 2.08 bits per heavy atom. The third kappa shape index (κ3) is 1.98. The van der Waals surface area contributed by atoms with E-state index in [1.165, 1.54) is 7.11 Å². The van der Waals surface area contributed by atoms with E-state index in [0.29, 0.717) is 21.7 Å². The fraction of sp³-hybridized carbons (Fsp3) is 0.250. The molecule has 0 bridgehead atoms. The first-order chi connectivity index (χ1) is 5.69. The van der Waals surface area contributed by atoms with Crippen molar-refractivity contribution in [2.75, 3.05) is 7.11 Å². The molecule has 0 unspecified atom stereocenters. The number of benzene rings is 1. The molecule has 0 N–H and O–H groups in total. The molecule has 0 amide bonds. The van der Waals surface area contributed by atoms with E-state index in [4.69, 9.17) is 39.5 Å². The van der Waals surface area contributed by atoms with Crippen molar-refractivity contribution in [3.63, 3.8) is 0 Å². The van der Waals surface area contributed by atoms with E-state index < -0.39 is 0 Å². The highest BCUT2D eigenvalue weighted by atomic mass is 35.5. The fourth-order valence-corrected chi connectivity index (χ4v) is 1.73. The Morgan fingerprint density at radius 1 is 1.25 bits per heavy atom. The van der Waals surface area contributed by atoms with Crippen LogP contribution in [0.2, 0.25) is 10.0 Å².